The van der Waals surface area contributed by atoms with E-state index in [1.54, 1.807) is 0 Å². The first-order chi connectivity index (χ1) is 15.0. The van der Waals surface area contributed by atoms with Crippen LogP contribution in [0.5, 0.6) is 0 Å². The minimum atomic E-state index is 1.15. The molecule has 4 rings (SSSR count). The summed E-state index contributed by atoms with van der Waals surface area (Å²) in [6, 6.07) is 34.9. The number of nitrogens with zero attached hydrogens (tertiary/aromatic N) is 1. The minimum Gasteiger partial charge on any atom is -0.311 e. The molecule has 1 nitrogen and oxygen atoms in total. The van der Waals surface area contributed by atoms with E-state index in [4.69, 9.17) is 0 Å². The van der Waals surface area contributed by atoms with E-state index in [1.807, 2.05) is 0 Å². The highest BCUT2D eigenvalue weighted by molar-refractivity contribution is 5.82. The molecular formula is C30H29N. The Kier molecular flexibility index (Phi) is 6.04. The van der Waals surface area contributed by atoms with Gasteiger partial charge in [-0.1, -0.05) is 83.4 Å². The normalized spacial score (nSPS) is 11.4. The third kappa shape index (κ3) is 4.95. The Morgan fingerprint density at radius 3 is 1.29 bits per heavy atom. The lowest BCUT2D eigenvalue weighted by Gasteiger charge is -2.26. The summed E-state index contributed by atoms with van der Waals surface area (Å²) in [5, 5.41) is 0. The highest BCUT2D eigenvalue weighted by Gasteiger charge is 2.12. The van der Waals surface area contributed by atoms with Gasteiger partial charge >= 0.3 is 0 Å². The number of hydrogen-bond acceptors (Lipinski definition) is 1. The molecule has 0 heterocycles. The molecule has 0 aliphatic rings. The second-order valence-electron chi connectivity index (χ2n) is 8.29. The summed E-state index contributed by atoms with van der Waals surface area (Å²) in [4.78, 5) is 2.30. The molecule has 0 saturated heterocycles. The third-order valence-electron chi connectivity index (χ3n) is 5.63. The van der Waals surface area contributed by atoms with Crippen LogP contribution in [0.4, 0.5) is 17.1 Å². The van der Waals surface area contributed by atoms with Gasteiger partial charge in [0.05, 0.1) is 0 Å². The molecule has 0 aliphatic heterocycles. The van der Waals surface area contributed by atoms with E-state index < -0.39 is 0 Å². The summed E-state index contributed by atoms with van der Waals surface area (Å²) < 4.78 is 0. The number of rotatable bonds is 5. The van der Waals surface area contributed by atoms with Crippen molar-refractivity contribution in [1.82, 2.24) is 0 Å². The quantitative estimate of drug-likeness (QED) is 0.301. The average molecular weight is 404 g/mol. The Bertz CT molecular complexity index is 1120. The van der Waals surface area contributed by atoms with Gasteiger partial charge in [-0.2, -0.15) is 0 Å². The van der Waals surface area contributed by atoms with Gasteiger partial charge in [0.2, 0.25) is 0 Å². The second kappa shape index (κ2) is 9.06. The molecule has 0 bridgehead atoms. The van der Waals surface area contributed by atoms with Crippen molar-refractivity contribution in [3.05, 3.63) is 125 Å². The molecule has 0 atom stereocenters. The maximum absolute atomic E-state index is 2.30. The monoisotopic (exact) mass is 403 g/mol. The van der Waals surface area contributed by atoms with Crippen molar-refractivity contribution in [3.63, 3.8) is 0 Å². The molecule has 0 spiro atoms. The molecule has 0 saturated carbocycles. The maximum atomic E-state index is 2.30. The second-order valence-corrected chi connectivity index (χ2v) is 8.29. The van der Waals surface area contributed by atoms with Crippen LogP contribution in [0.25, 0.3) is 11.6 Å². The van der Waals surface area contributed by atoms with Crippen molar-refractivity contribution in [2.24, 2.45) is 0 Å². The van der Waals surface area contributed by atoms with E-state index in [-0.39, 0.29) is 0 Å². The van der Waals surface area contributed by atoms with Crippen LogP contribution in [-0.4, -0.2) is 0 Å². The molecule has 0 amide bonds. The first-order valence-corrected chi connectivity index (χ1v) is 10.8. The van der Waals surface area contributed by atoms with Crippen LogP contribution in [0.2, 0.25) is 0 Å². The summed E-state index contributed by atoms with van der Waals surface area (Å²) in [5.41, 5.74) is 11.0. The zero-order valence-corrected chi connectivity index (χ0v) is 18.8. The van der Waals surface area contributed by atoms with Gasteiger partial charge in [-0.15, -0.1) is 0 Å². The Labute approximate surface area is 186 Å². The largest absolute Gasteiger partial charge is 0.311 e. The van der Waals surface area contributed by atoms with Crippen LogP contribution in [0.15, 0.2) is 97.1 Å². The molecule has 0 unspecified atom stereocenters. The lowest BCUT2D eigenvalue weighted by Crippen LogP contribution is -2.09. The Morgan fingerprint density at radius 2 is 0.871 bits per heavy atom. The van der Waals surface area contributed by atoms with E-state index >= 15 is 0 Å². The molecule has 0 radical (unpaired) electrons. The van der Waals surface area contributed by atoms with Crippen LogP contribution in [0.3, 0.4) is 0 Å². The lowest BCUT2D eigenvalue weighted by molar-refractivity contribution is 1.27. The standard InChI is InChI=1S/C30H29N/c1-22-5-13-27(14-6-22)25(4)21-26-11-19-30(20-12-26)31(28-15-7-23(2)8-16-28)29-17-9-24(3)10-18-29/h5-21H,1-4H3/b25-21+. The Morgan fingerprint density at radius 1 is 0.516 bits per heavy atom. The van der Waals surface area contributed by atoms with Gasteiger partial charge < -0.3 is 4.90 Å². The molecule has 154 valence electrons. The highest BCUT2D eigenvalue weighted by atomic mass is 15.1. The molecule has 31 heavy (non-hydrogen) atoms. The van der Waals surface area contributed by atoms with Crippen molar-refractivity contribution in [2.75, 3.05) is 4.90 Å². The molecule has 4 aromatic carbocycles. The zero-order chi connectivity index (χ0) is 21.8. The van der Waals surface area contributed by atoms with Crippen molar-refractivity contribution in [1.29, 1.82) is 0 Å². The summed E-state index contributed by atoms with van der Waals surface area (Å²) in [6.07, 6.45) is 2.25. The van der Waals surface area contributed by atoms with Gasteiger partial charge in [0.1, 0.15) is 0 Å². The fraction of sp³-hybridized carbons (Fsp3) is 0.133. The van der Waals surface area contributed by atoms with Gasteiger partial charge in [-0.25, -0.2) is 0 Å². The van der Waals surface area contributed by atoms with Crippen molar-refractivity contribution >= 4 is 28.7 Å². The van der Waals surface area contributed by atoms with E-state index in [0.717, 1.165) is 17.1 Å². The summed E-state index contributed by atoms with van der Waals surface area (Å²) >= 11 is 0. The van der Waals surface area contributed by atoms with Crippen LogP contribution in [-0.2, 0) is 0 Å². The van der Waals surface area contributed by atoms with Crippen LogP contribution < -0.4 is 4.90 Å². The Balaban J connectivity index is 1.67. The zero-order valence-electron chi connectivity index (χ0n) is 18.8. The van der Waals surface area contributed by atoms with Crippen LogP contribution >= 0.6 is 0 Å². The smallest absolute Gasteiger partial charge is 0.0462 e. The SMILES string of the molecule is C/C(=C\c1ccc(N(c2ccc(C)cc2)c2ccc(C)cc2)cc1)c1ccc(C)cc1. The van der Waals surface area contributed by atoms with E-state index in [0.29, 0.717) is 0 Å². The number of anilines is 3. The third-order valence-corrected chi connectivity index (χ3v) is 5.63. The van der Waals surface area contributed by atoms with Gasteiger partial charge in [0.15, 0.2) is 0 Å². The molecule has 4 aromatic rings. The van der Waals surface area contributed by atoms with Crippen molar-refractivity contribution in [2.45, 2.75) is 27.7 Å². The average Bonchev–Trinajstić information content (AvgIpc) is 2.78. The fourth-order valence-electron chi connectivity index (χ4n) is 3.70. The summed E-state index contributed by atoms with van der Waals surface area (Å²) in [6.45, 7) is 8.54. The molecule has 0 N–H and O–H groups in total. The maximum Gasteiger partial charge on any atom is 0.0462 e. The van der Waals surface area contributed by atoms with Gasteiger partial charge in [-0.05, 0) is 80.8 Å². The molecule has 0 fully saturated rings. The summed E-state index contributed by atoms with van der Waals surface area (Å²) in [5.74, 6) is 0. The molecule has 0 aromatic heterocycles. The minimum absolute atomic E-state index is 1.15. The van der Waals surface area contributed by atoms with E-state index in [2.05, 4.69) is 136 Å². The van der Waals surface area contributed by atoms with E-state index in [9.17, 15) is 0 Å². The number of hydrogen-bond donors (Lipinski definition) is 0. The highest BCUT2D eigenvalue weighted by Crippen LogP contribution is 2.35. The first kappa shape index (κ1) is 20.7. The molecule has 1 heteroatoms. The molecular weight excluding hydrogens is 374 g/mol. The number of allylic oxidation sites excluding steroid dienone is 1. The van der Waals surface area contributed by atoms with E-state index in [1.165, 1.54) is 33.4 Å². The van der Waals surface area contributed by atoms with Crippen molar-refractivity contribution < 1.29 is 0 Å². The first-order valence-electron chi connectivity index (χ1n) is 10.8. The molecule has 0 aliphatic carbocycles. The van der Waals surface area contributed by atoms with Gasteiger partial charge in [0.25, 0.3) is 0 Å². The van der Waals surface area contributed by atoms with Crippen LogP contribution in [0.1, 0.15) is 34.7 Å². The van der Waals surface area contributed by atoms with Gasteiger partial charge in [-0.3, -0.25) is 0 Å². The lowest BCUT2D eigenvalue weighted by atomic mass is 10.0. The topological polar surface area (TPSA) is 3.24 Å². The van der Waals surface area contributed by atoms with Gasteiger partial charge in [0, 0.05) is 17.1 Å². The fourth-order valence-corrected chi connectivity index (χ4v) is 3.70. The van der Waals surface area contributed by atoms with Crippen LogP contribution in [0, 0.1) is 20.8 Å². The summed E-state index contributed by atoms with van der Waals surface area (Å²) in [7, 11) is 0. The number of benzene rings is 4. The Hall–Kier alpha value is -3.58. The number of aryl methyl sites for hydroxylation is 3. The van der Waals surface area contributed by atoms with Crippen molar-refractivity contribution in [3.8, 4) is 0 Å². The predicted molar refractivity (Wildman–Crippen MR) is 135 cm³/mol. The predicted octanol–water partition coefficient (Wildman–Crippen LogP) is 8.64.